The SMILES string of the molecule is O=c1cc(N2CCNCC2)nc2c(-c3ccccc3)c(C(F)(F)F)[nH]n12. The summed E-state index contributed by atoms with van der Waals surface area (Å²) in [5.41, 5.74) is -1.35. The topological polar surface area (TPSA) is 65.4 Å². The molecule has 1 aliphatic heterocycles. The molecule has 1 aliphatic rings. The van der Waals surface area contributed by atoms with Crippen LogP contribution in [0.4, 0.5) is 19.0 Å². The van der Waals surface area contributed by atoms with Gasteiger partial charge in [0.2, 0.25) is 0 Å². The van der Waals surface area contributed by atoms with Crippen molar-refractivity contribution in [1.82, 2.24) is 19.9 Å². The molecule has 6 nitrogen and oxygen atoms in total. The van der Waals surface area contributed by atoms with Crippen molar-refractivity contribution in [2.75, 3.05) is 31.1 Å². The summed E-state index contributed by atoms with van der Waals surface area (Å²) in [6.45, 7) is 2.74. The van der Waals surface area contributed by atoms with E-state index in [4.69, 9.17) is 0 Å². The zero-order valence-corrected chi connectivity index (χ0v) is 13.7. The lowest BCUT2D eigenvalue weighted by Crippen LogP contribution is -2.44. The molecule has 0 bridgehead atoms. The van der Waals surface area contributed by atoms with Crippen molar-refractivity contribution in [3.8, 4) is 11.1 Å². The third kappa shape index (κ3) is 2.84. The predicted octanol–water partition coefficient (Wildman–Crippen LogP) is 2.12. The van der Waals surface area contributed by atoms with Crippen molar-refractivity contribution < 1.29 is 13.2 Å². The molecule has 0 amide bonds. The van der Waals surface area contributed by atoms with Crippen molar-refractivity contribution in [2.45, 2.75) is 6.18 Å². The molecule has 4 rings (SSSR count). The van der Waals surface area contributed by atoms with Gasteiger partial charge in [-0.3, -0.25) is 9.89 Å². The molecule has 3 heterocycles. The Hall–Kier alpha value is -2.81. The summed E-state index contributed by atoms with van der Waals surface area (Å²) in [6.07, 6.45) is -4.64. The largest absolute Gasteiger partial charge is 0.433 e. The lowest BCUT2D eigenvalue weighted by Gasteiger charge is -2.28. The second-order valence-electron chi connectivity index (χ2n) is 6.07. The molecular formula is C17H16F3N5O. The summed E-state index contributed by atoms with van der Waals surface area (Å²) >= 11 is 0. The summed E-state index contributed by atoms with van der Waals surface area (Å²) in [4.78, 5) is 18.7. The summed E-state index contributed by atoms with van der Waals surface area (Å²) in [7, 11) is 0. The number of hydrogen-bond acceptors (Lipinski definition) is 4. The molecule has 0 atom stereocenters. The molecule has 1 saturated heterocycles. The van der Waals surface area contributed by atoms with Gasteiger partial charge in [-0.2, -0.15) is 13.2 Å². The summed E-state index contributed by atoms with van der Waals surface area (Å²) in [5, 5.41) is 5.38. The average molecular weight is 363 g/mol. The number of nitrogens with one attached hydrogen (secondary N) is 2. The van der Waals surface area contributed by atoms with Crippen LogP contribution in [0.15, 0.2) is 41.2 Å². The number of alkyl halides is 3. The Morgan fingerprint density at radius 3 is 2.42 bits per heavy atom. The molecule has 136 valence electrons. The van der Waals surface area contributed by atoms with Crippen molar-refractivity contribution in [3.63, 3.8) is 0 Å². The van der Waals surface area contributed by atoms with Crippen LogP contribution in [0.3, 0.4) is 0 Å². The number of rotatable bonds is 2. The smallest absolute Gasteiger partial charge is 0.354 e. The summed E-state index contributed by atoms with van der Waals surface area (Å²) in [5.74, 6) is 0.390. The van der Waals surface area contributed by atoms with E-state index >= 15 is 0 Å². The van der Waals surface area contributed by atoms with Gasteiger partial charge in [0.05, 0.1) is 5.56 Å². The Labute approximate surface area is 146 Å². The van der Waals surface area contributed by atoms with Crippen LogP contribution < -0.4 is 15.8 Å². The number of anilines is 1. The Bertz CT molecular complexity index is 987. The van der Waals surface area contributed by atoms with Gasteiger partial charge in [-0.05, 0) is 5.56 Å². The Balaban J connectivity index is 1.98. The fourth-order valence-corrected chi connectivity index (χ4v) is 3.16. The normalized spacial score (nSPS) is 15.6. The van der Waals surface area contributed by atoms with Gasteiger partial charge in [0.25, 0.3) is 5.56 Å². The van der Waals surface area contributed by atoms with Crippen molar-refractivity contribution in [3.05, 3.63) is 52.4 Å². The van der Waals surface area contributed by atoms with Gasteiger partial charge >= 0.3 is 6.18 Å². The van der Waals surface area contributed by atoms with Crippen LogP contribution in [-0.2, 0) is 6.18 Å². The number of fused-ring (bicyclic) bond motifs is 1. The molecular weight excluding hydrogens is 347 g/mol. The first-order chi connectivity index (χ1) is 12.4. The van der Waals surface area contributed by atoms with Gasteiger partial charge < -0.3 is 10.2 Å². The molecule has 0 aliphatic carbocycles. The number of benzene rings is 1. The number of nitrogens with zero attached hydrogens (tertiary/aromatic N) is 3. The minimum Gasteiger partial charge on any atom is -0.354 e. The molecule has 1 fully saturated rings. The van der Waals surface area contributed by atoms with Crippen molar-refractivity contribution >= 4 is 11.5 Å². The van der Waals surface area contributed by atoms with Gasteiger partial charge in [0, 0.05) is 32.2 Å². The van der Waals surface area contributed by atoms with E-state index in [9.17, 15) is 18.0 Å². The van der Waals surface area contributed by atoms with Crippen LogP contribution in [0, 0.1) is 0 Å². The van der Waals surface area contributed by atoms with Crippen LogP contribution in [0.25, 0.3) is 16.8 Å². The van der Waals surface area contributed by atoms with E-state index in [1.807, 2.05) is 4.90 Å². The molecule has 2 N–H and O–H groups in total. The van der Waals surface area contributed by atoms with Crippen LogP contribution in [0.5, 0.6) is 0 Å². The number of hydrogen-bond donors (Lipinski definition) is 2. The molecule has 26 heavy (non-hydrogen) atoms. The van der Waals surface area contributed by atoms with E-state index in [0.29, 0.717) is 24.5 Å². The fourth-order valence-electron chi connectivity index (χ4n) is 3.16. The summed E-state index contributed by atoms with van der Waals surface area (Å²) in [6, 6.07) is 9.43. The molecule has 0 saturated carbocycles. The minimum absolute atomic E-state index is 0.0236. The molecule has 0 radical (unpaired) electrons. The zero-order valence-electron chi connectivity index (χ0n) is 13.7. The van der Waals surface area contributed by atoms with Crippen molar-refractivity contribution in [1.29, 1.82) is 0 Å². The third-order valence-electron chi connectivity index (χ3n) is 4.39. The molecule has 2 aromatic heterocycles. The van der Waals surface area contributed by atoms with E-state index in [1.54, 1.807) is 30.3 Å². The standard InChI is InChI=1S/C17H16F3N5O/c18-17(19,20)15-14(11-4-2-1-3-5-11)16-22-12(10-13(26)25(16)23-15)24-8-6-21-7-9-24/h1-5,10,21,23H,6-9H2. The Kier molecular flexibility index (Phi) is 3.95. The first kappa shape index (κ1) is 16.6. The first-order valence-corrected chi connectivity index (χ1v) is 8.19. The Morgan fingerprint density at radius 1 is 1.08 bits per heavy atom. The van der Waals surface area contributed by atoms with Crippen molar-refractivity contribution in [2.24, 2.45) is 0 Å². The molecule has 3 aromatic rings. The third-order valence-corrected chi connectivity index (χ3v) is 4.39. The maximum absolute atomic E-state index is 13.6. The highest BCUT2D eigenvalue weighted by molar-refractivity contribution is 5.81. The summed E-state index contributed by atoms with van der Waals surface area (Å²) < 4.78 is 41.6. The molecule has 0 spiro atoms. The second-order valence-corrected chi connectivity index (χ2v) is 6.07. The number of aromatic amines is 1. The van der Waals surface area contributed by atoms with Crippen LogP contribution in [-0.4, -0.2) is 40.8 Å². The lowest BCUT2D eigenvalue weighted by atomic mass is 10.1. The monoisotopic (exact) mass is 363 g/mol. The highest BCUT2D eigenvalue weighted by Crippen LogP contribution is 2.38. The fraction of sp³-hybridized carbons (Fsp3) is 0.294. The van der Waals surface area contributed by atoms with E-state index in [2.05, 4.69) is 15.4 Å². The number of aromatic nitrogens is 3. The molecule has 0 unspecified atom stereocenters. The molecule has 1 aromatic carbocycles. The lowest BCUT2D eigenvalue weighted by molar-refractivity contribution is -0.140. The minimum atomic E-state index is -4.64. The van der Waals surface area contributed by atoms with Crippen LogP contribution in [0.2, 0.25) is 0 Å². The van der Waals surface area contributed by atoms with Gasteiger partial charge in [-0.15, -0.1) is 0 Å². The predicted molar refractivity (Wildman–Crippen MR) is 91.3 cm³/mol. The quantitative estimate of drug-likeness (QED) is 0.732. The van der Waals surface area contributed by atoms with Gasteiger partial charge in [0.15, 0.2) is 5.65 Å². The Morgan fingerprint density at radius 2 is 1.77 bits per heavy atom. The van der Waals surface area contributed by atoms with E-state index in [0.717, 1.165) is 17.6 Å². The number of H-pyrrole nitrogens is 1. The highest BCUT2D eigenvalue weighted by Gasteiger charge is 2.38. The number of halogens is 3. The second kappa shape index (κ2) is 6.17. The van der Waals surface area contributed by atoms with E-state index in [-0.39, 0.29) is 11.2 Å². The van der Waals surface area contributed by atoms with E-state index < -0.39 is 17.4 Å². The van der Waals surface area contributed by atoms with Gasteiger partial charge in [-0.25, -0.2) is 9.50 Å². The maximum Gasteiger partial charge on any atom is 0.433 e. The first-order valence-electron chi connectivity index (χ1n) is 8.19. The van der Waals surface area contributed by atoms with Crippen LogP contribution >= 0.6 is 0 Å². The van der Waals surface area contributed by atoms with Gasteiger partial charge in [0.1, 0.15) is 11.5 Å². The number of piperazine rings is 1. The highest BCUT2D eigenvalue weighted by atomic mass is 19.4. The van der Waals surface area contributed by atoms with Gasteiger partial charge in [-0.1, -0.05) is 30.3 Å². The van der Waals surface area contributed by atoms with E-state index in [1.165, 1.54) is 6.07 Å². The average Bonchev–Trinajstić information content (AvgIpc) is 3.04. The maximum atomic E-state index is 13.6. The zero-order chi connectivity index (χ0) is 18.3. The molecule has 9 heteroatoms. The van der Waals surface area contributed by atoms with Crippen LogP contribution in [0.1, 0.15) is 5.69 Å².